The average molecular weight is 295 g/mol. The highest BCUT2D eigenvalue weighted by Gasteiger charge is 2.29. The Bertz CT molecular complexity index is 477. The summed E-state index contributed by atoms with van der Waals surface area (Å²) in [6, 6.07) is 1.33. The predicted molar refractivity (Wildman–Crippen MR) is 77.9 cm³/mol. The summed E-state index contributed by atoms with van der Waals surface area (Å²) in [5.41, 5.74) is 0.982. The van der Waals surface area contributed by atoms with Crippen LogP contribution >= 0.6 is 11.3 Å². The molecule has 2 aliphatic rings. The summed E-state index contributed by atoms with van der Waals surface area (Å²) in [5.74, 6) is -0.305. The molecule has 5 nitrogen and oxygen atoms in total. The maximum atomic E-state index is 11.6. The summed E-state index contributed by atoms with van der Waals surface area (Å²) in [5, 5.41) is 6.12. The minimum atomic E-state index is -0.305. The normalized spacial score (nSPS) is 26.4. The van der Waals surface area contributed by atoms with E-state index in [1.54, 1.807) is 0 Å². The number of likely N-dealkylation sites (tertiary alicyclic amines) is 1. The Morgan fingerprint density at radius 3 is 3.20 bits per heavy atom. The molecule has 1 aromatic heterocycles. The van der Waals surface area contributed by atoms with E-state index in [-0.39, 0.29) is 5.97 Å². The van der Waals surface area contributed by atoms with Crippen molar-refractivity contribution in [2.24, 2.45) is 0 Å². The number of hydrogen-bond acceptors (Lipinski definition) is 6. The molecule has 1 N–H and O–H groups in total. The molecule has 0 amide bonds. The molecule has 2 saturated heterocycles. The van der Waals surface area contributed by atoms with Crippen LogP contribution in [0.2, 0.25) is 0 Å². The summed E-state index contributed by atoms with van der Waals surface area (Å²) in [4.78, 5) is 18.5. The number of carbonyl (C=O) groups excluding carboxylic acids is 1. The van der Waals surface area contributed by atoms with E-state index in [0.717, 1.165) is 25.3 Å². The van der Waals surface area contributed by atoms with E-state index in [0.29, 0.717) is 23.7 Å². The van der Waals surface area contributed by atoms with Crippen LogP contribution in [0.1, 0.15) is 41.7 Å². The van der Waals surface area contributed by atoms with Crippen molar-refractivity contribution < 1.29 is 9.53 Å². The lowest BCUT2D eigenvalue weighted by molar-refractivity contribution is 0.0525. The Morgan fingerprint density at radius 1 is 1.50 bits per heavy atom. The third-order valence-electron chi connectivity index (χ3n) is 3.99. The fraction of sp³-hybridized carbons (Fsp3) is 0.714. The fourth-order valence-electron chi connectivity index (χ4n) is 3.05. The molecule has 0 aromatic carbocycles. The molecule has 6 heteroatoms. The second kappa shape index (κ2) is 6.20. The Labute approximate surface area is 123 Å². The van der Waals surface area contributed by atoms with Crippen LogP contribution < -0.4 is 5.32 Å². The first-order valence-electron chi connectivity index (χ1n) is 7.34. The van der Waals surface area contributed by atoms with Gasteiger partial charge in [-0.2, -0.15) is 0 Å². The maximum Gasteiger partial charge on any atom is 0.367 e. The van der Waals surface area contributed by atoms with E-state index in [2.05, 4.69) is 15.2 Å². The summed E-state index contributed by atoms with van der Waals surface area (Å²) < 4.78 is 4.98. The molecule has 2 fully saturated rings. The fourth-order valence-corrected chi connectivity index (χ4v) is 3.75. The molecule has 110 valence electrons. The van der Waals surface area contributed by atoms with Gasteiger partial charge >= 0.3 is 5.97 Å². The van der Waals surface area contributed by atoms with E-state index in [9.17, 15) is 4.79 Å². The average Bonchev–Trinajstić information content (AvgIpc) is 3.00. The minimum absolute atomic E-state index is 0.305. The number of nitrogens with one attached hydrogen (secondary N) is 1. The number of esters is 1. The lowest BCUT2D eigenvalue weighted by Crippen LogP contribution is -2.35. The Kier molecular flexibility index (Phi) is 4.33. The standard InChI is InChI=1S/C14H21N3O2S/c1-2-19-14(18)13-16-12(9-20-13)8-17-6-5-10-3-4-11(7-17)15-10/h9-11,15H,2-8H2,1H3. The van der Waals surface area contributed by atoms with Gasteiger partial charge in [-0.1, -0.05) is 0 Å². The molecule has 0 aliphatic carbocycles. The molecular weight excluding hydrogens is 274 g/mol. The van der Waals surface area contributed by atoms with Crippen molar-refractivity contribution in [3.8, 4) is 0 Å². The smallest absolute Gasteiger partial charge is 0.367 e. The summed E-state index contributed by atoms with van der Waals surface area (Å²) >= 11 is 1.38. The van der Waals surface area contributed by atoms with Crippen molar-refractivity contribution >= 4 is 17.3 Å². The zero-order valence-electron chi connectivity index (χ0n) is 11.8. The van der Waals surface area contributed by atoms with Crippen LogP contribution in [-0.2, 0) is 11.3 Å². The maximum absolute atomic E-state index is 11.6. The molecular formula is C14H21N3O2S. The molecule has 2 unspecified atom stereocenters. The lowest BCUT2D eigenvalue weighted by atomic mass is 10.1. The van der Waals surface area contributed by atoms with Crippen LogP contribution in [-0.4, -0.2) is 47.6 Å². The molecule has 1 aromatic rings. The summed E-state index contributed by atoms with van der Waals surface area (Å²) in [6.45, 7) is 5.24. The molecule has 0 spiro atoms. The number of nitrogens with zero attached hydrogens (tertiary/aromatic N) is 2. The number of hydrogen-bond donors (Lipinski definition) is 1. The van der Waals surface area contributed by atoms with Gasteiger partial charge in [-0.15, -0.1) is 11.3 Å². The van der Waals surface area contributed by atoms with Crippen LogP contribution in [0.4, 0.5) is 0 Å². The van der Waals surface area contributed by atoms with Crippen LogP contribution in [0.15, 0.2) is 5.38 Å². The van der Waals surface area contributed by atoms with E-state index >= 15 is 0 Å². The Balaban J connectivity index is 1.59. The van der Waals surface area contributed by atoms with Crippen LogP contribution in [0.5, 0.6) is 0 Å². The zero-order chi connectivity index (χ0) is 13.9. The van der Waals surface area contributed by atoms with Gasteiger partial charge < -0.3 is 10.1 Å². The minimum Gasteiger partial charge on any atom is -0.461 e. The van der Waals surface area contributed by atoms with E-state index in [4.69, 9.17) is 4.74 Å². The third kappa shape index (κ3) is 3.19. The first kappa shape index (κ1) is 14.0. The lowest BCUT2D eigenvalue weighted by Gasteiger charge is -2.22. The Morgan fingerprint density at radius 2 is 2.35 bits per heavy atom. The SMILES string of the molecule is CCOC(=O)c1nc(CN2CCC3CCC(C2)N3)cs1. The van der Waals surface area contributed by atoms with Crippen LogP contribution in [0.25, 0.3) is 0 Å². The molecule has 2 atom stereocenters. The van der Waals surface area contributed by atoms with E-state index in [1.807, 2.05) is 12.3 Å². The van der Waals surface area contributed by atoms with Crippen LogP contribution in [0.3, 0.4) is 0 Å². The first-order valence-corrected chi connectivity index (χ1v) is 8.22. The predicted octanol–water partition coefficient (Wildman–Crippen LogP) is 1.65. The van der Waals surface area contributed by atoms with Gasteiger partial charge in [-0.25, -0.2) is 9.78 Å². The Hall–Kier alpha value is -0.980. The van der Waals surface area contributed by atoms with Crippen molar-refractivity contribution in [2.45, 2.75) is 44.8 Å². The molecule has 2 bridgehead atoms. The number of carbonyl (C=O) groups is 1. The largest absolute Gasteiger partial charge is 0.461 e. The van der Waals surface area contributed by atoms with Crippen molar-refractivity contribution in [1.29, 1.82) is 0 Å². The highest BCUT2D eigenvalue weighted by molar-refractivity contribution is 7.11. The van der Waals surface area contributed by atoms with Crippen molar-refractivity contribution in [3.63, 3.8) is 0 Å². The first-order chi connectivity index (χ1) is 9.74. The van der Waals surface area contributed by atoms with Gasteiger partial charge in [0.25, 0.3) is 0 Å². The molecule has 20 heavy (non-hydrogen) atoms. The number of aromatic nitrogens is 1. The highest BCUT2D eigenvalue weighted by Crippen LogP contribution is 2.22. The molecule has 0 saturated carbocycles. The van der Waals surface area contributed by atoms with Gasteiger partial charge in [0.2, 0.25) is 5.01 Å². The molecule has 2 aliphatic heterocycles. The second-order valence-corrected chi connectivity index (χ2v) is 6.38. The molecule has 0 radical (unpaired) electrons. The molecule has 3 rings (SSSR count). The van der Waals surface area contributed by atoms with Gasteiger partial charge in [0.05, 0.1) is 12.3 Å². The van der Waals surface area contributed by atoms with Crippen molar-refractivity contribution in [2.75, 3.05) is 19.7 Å². The van der Waals surface area contributed by atoms with Crippen LogP contribution in [0, 0.1) is 0 Å². The second-order valence-electron chi connectivity index (χ2n) is 5.53. The molecule has 3 heterocycles. The van der Waals surface area contributed by atoms with Gasteiger partial charge in [0.1, 0.15) is 0 Å². The number of ether oxygens (including phenoxy) is 1. The quantitative estimate of drug-likeness (QED) is 0.856. The number of fused-ring (bicyclic) bond motifs is 2. The number of thiazole rings is 1. The highest BCUT2D eigenvalue weighted by atomic mass is 32.1. The third-order valence-corrected chi connectivity index (χ3v) is 4.87. The van der Waals surface area contributed by atoms with E-state index in [1.165, 1.54) is 30.6 Å². The van der Waals surface area contributed by atoms with Crippen molar-refractivity contribution in [1.82, 2.24) is 15.2 Å². The summed E-state index contributed by atoms with van der Waals surface area (Å²) in [6.07, 6.45) is 3.82. The zero-order valence-corrected chi connectivity index (χ0v) is 12.6. The topological polar surface area (TPSA) is 54.5 Å². The van der Waals surface area contributed by atoms with Gasteiger partial charge in [-0.3, -0.25) is 4.90 Å². The van der Waals surface area contributed by atoms with Gasteiger partial charge in [-0.05, 0) is 26.2 Å². The van der Waals surface area contributed by atoms with Crippen molar-refractivity contribution in [3.05, 3.63) is 16.1 Å². The summed E-state index contributed by atoms with van der Waals surface area (Å²) in [7, 11) is 0. The monoisotopic (exact) mass is 295 g/mol. The van der Waals surface area contributed by atoms with E-state index < -0.39 is 0 Å². The number of rotatable bonds is 4. The van der Waals surface area contributed by atoms with Gasteiger partial charge in [0.15, 0.2) is 0 Å². The van der Waals surface area contributed by atoms with Gasteiger partial charge in [0, 0.05) is 37.1 Å².